The first kappa shape index (κ1) is 13.8. The van der Waals surface area contributed by atoms with Gasteiger partial charge in [-0.15, -0.1) is 0 Å². The molecule has 1 aromatic rings. The maximum atomic E-state index is 13.7. The quantitative estimate of drug-likeness (QED) is 0.818. The fourth-order valence-corrected chi connectivity index (χ4v) is 2.67. The van der Waals surface area contributed by atoms with E-state index in [4.69, 9.17) is 5.11 Å². The van der Waals surface area contributed by atoms with Gasteiger partial charge in [-0.25, -0.2) is 4.39 Å². The lowest BCUT2D eigenvalue weighted by molar-refractivity contribution is -0.136. The SMILES string of the molecule is O=C(O)Cc1c(F)cccc1NC1CCCCCC1. The van der Waals surface area contributed by atoms with E-state index in [1.165, 1.54) is 31.7 Å². The van der Waals surface area contributed by atoms with Crippen molar-refractivity contribution in [3.8, 4) is 0 Å². The van der Waals surface area contributed by atoms with Crippen LogP contribution >= 0.6 is 0 Å². The normalized spacial score (nSPS) is 16.9. The number of rotatable bonds is 4. The van der Waals surface area contributed by atoms with Crippen LogP contribution in [0.3, 0.4) is 0 Å². The third-order valence-corrected chi connectivity index (χ3v) is 3.66. The lowest BCUT2D eigenvalue weighted by Crippen LogP contribution is -2.20. The van der Waals surface area contributed by atoms with Gasteiger partial charge in [-0.2, -0.15) is 0 Å². The molecule has 0 unspecified atom stereocenters. The number of halogens is 1. The van der Waals surface area contributed by atoms with E-state index in [1.54, 1.807) is 12.1 Å². The second-order valence-corrected chi connectivity index (χ2v) is 5.17. The number of nitrogens with one attached hydrogen (secondary N) is 1. The first-order valence-corrected chi connectivity index (χ1v) is 6.92. The molecular weight excluding hydrogens is 245 g/mol. The molecule has 1 saturated carbocycles. The first-order chi connectivity index (χ1) is 9.16. The smallest absolute Gasteiger partial charge is 0.308 e. The molecule has 104 valence electrons. The predicted octanol–water partition coefficient (Wildman–Crippen LogP) is 3.59. The van der Waals surface area contributed by atoms with Gasteiger partial charge in [0.05, 0.1) is 6.42 Å². The van der Waals surface area contributed by atoms with E-state index in [0.717, 1.165) is 12.8 Å². The second-order valence-electron chi connectivity index (χ2n) is 5.17. The van der Waals surface area contributed by atoms with Crippen molar-refractivity contribution in [2.24, 2.45) is 0 Å². The number of carboxylic acid groups (broad SMARTS) is 1. The molecule has 1 fully saturated rings. The van der Waals surface area contributed by atoms with E-state index >= 15 is 0 Å². The molecule has 1 aliphatic carbocycles. The van der Waals surface area contributed by atoms with Crippen molar-refractivity contribution in [3.63, 3.8) is 0 Å². The molecule has 2 rings (SSSR count). The summed E-state index contributed by atoms with van der Waals surface area (Å²) in [4.78, 5) is 10.8. The summed E-state index contributed by atoms with van der Waals surface area (Å²) in [6.07, 6.45) is 6.74. The minimum atomic E-state index is -1.01. The summed E-state index contributed by atoms with van der Waals surface area (Å²) < 4.78 is 13.7. The minimum absolute atomic E-state index is 0.263. The molecule has 0 saturated heterocycles. The Bertz CT molecular complexity index is 440. The zero-order valence-electron chi connectivity index (χ0n) is 11.0. The van der Waals surface area contributed by atoms with Crippen LogP contribution in [0.1, 0.15) is 44.1 Å². The van der Waals surface area contributed by atoms with Gasteiger partial charge in [0.2, 0.25) is 0 Å². The van der Waals surface area contributed by atoms with Gasteiger partial charge in [0, 0.05) is 17.3 Å². The summed E-state index contributed by atoms with van der Waals surface area (Å²) in [7, 11) is 0. The molecule has 4 heteroatoms. The van der Waals surface area contributed by atoms with E-state index < -0.39 is 11.8 Å². The maximum Gasteiger partial charge on any atom is 0.308 e. The highest BCUT2D eigenvalue weighted by Crippen LogP contribution is 2.25. The zero-order chi connectivity index (χ0) is 13.7. The molecule has 0 atom stereocenters. The molecule has 0 heterocycles. The lowest BCUT2D eigenvalue weighted by Gasteiger charge is -2.20. The highest BCUT2D eigenvalue weighted by Gasteiger charge is 2.16. The van der Waals surface area contributed by atoms with Gasteiger partial charge in [-0.1, -0.05) is 31.7 Å². The van der Waals surface area contributed by atoms with E-state index in [0.29, 0.717) is 11.7 Å². The van der Waals surface area contributed by atoms with Crippen molar-refractivity contribution in [2.45, 2.75) is 51.0 Å². The Labute approximate surface area is 112 Å². The van der Waals surface area contributed by atoms with Gasteiger partial charge in [-0.05, 0) is 25.0 Å². The van der Waals surface area contributed by atoms with Crippen LogP contribution in [0.2, 0.25) is 0 Å². The van der Waals surface area contributed by atoms with Crippen molar-refractivity contribution in [1.82, 2.24) is 0 Å². The Hall–Kier alpha value is -1.58. The van der Waals surface area contributed by atoms with Crippen LogP contribution in [0.25, 0.3) is 0 Å². The van der Waals surface area contributed by atoms with E-state index in [1.807, 2.05) is 0 Å². The summed E-state index contributed by atoms with van der Waals surface area (Å²) in [5, 5.41) is 12.2. The summed E-state index contributed by atoms with van der Waals surface area (Å²) >= 11 is 0. The van der Waals surface area contributed by atoms with Crippen molar-refractivity contribution >= 4 is 11.7 Å². The van der Waals surface area contributed by atoms with E-state index in [-0.39, 0.29) is 12.0 Å². The standard InChI is InChI=1S/C15H20FNO2/c16-13-8-5-9-14(12(13)10-15(18)19)17-11-6-3-1-2-4-7-11/h5,8-9,11,17H,1-4,6-7,10H2,(H,18,19). The number of hydrogen-bond donors (Lipinski definition) is 2. The number of carboxylic acids is 1. The molecule has 19 heavy (non-hydrogen) atoms. The molecule has 0 radical (unpaired) electrons. The number of anilines is 1. The maximum absolute atomic E-state index is 13.7. The molecule has 0 aliphatic heterocycles. The Balaban J connectivity index is 2.13. The number of benzene rings is 1. The van der Waals surface area contributed by atoms with Gasteiger partial charge >= 0.3 is 5.97 Å². The Morgan fingerprint density at radius 1 is 1.26 bits per heavy atom. The van der Waals surface area contributed by atoms with Crippen LogP contribution in [-0.2, 0) is 11.2 Å². The van der Waals surface area contributed by atoms with Crippen LogP contribution in [0, 0.1) is 5.82 Å². The summed E-state index contributed by atoms with van der Waals surface area (Å²) in [6.45, 7) is 0. The second kappa shape index (κ2) is 6.55. The average molecular weight is 265 g/mol. The Morgan fingerprint density at radius 2 is 1.95 bits per heavy atom. The first-order valence-electron chi connectivity index (χ1n) is 6.92. The van der Waals surface area contributed by atoms with Crippen LogP contribution < -0.4 is 5.32 Å². The van der Waals surface area contributed by atoms with Gasteiger partial charge in [0.15, 0.2) is 0 Å². The monoisotopic (exact) mass is 265 g/mol. The molecule has 0 spiro atoms. The molecule has 1 aliphatic rings. The predicted molar refractivity (Wildman–Crippen MR) is 72.9 cm³/mol. The Kier molecular flexibility index (Phi) is 4.77. The van der Waals surface area contributed by atoms with Crippen LogP contribution in [0.5, 0.6) is 0 Å². The van der Waals surface area contributed by atoms with Crippen molar-refractivity contribution in [2.75, 3.05) is 5.32 Å². The van der Waals surface area contributed by atoms with Gasteiger partial charge in [0.1, 0.15) is 5.82 Å². The van der Waals surface area contributed by atoms with Crippen molar-refractivity contribution in [1.29, 1.82) is 0 Å². The van der Waals surface area contributed by atoms with Crippen LogP contribution in [0.15, 0.2) is 18.2 Å². The Morgan fingerprint density at radius 3 is 2.58 bits per heavy atom. The number of aliphatic carboxylic acids is 1. The van der Waals surface area contributed by atoms with Gasteiger partial charge in [-0.3, -0.25) is 4.79 Å². The van der Waals surface area contributed by atoms with Crippen LogP contribution in [-0.4, -0.2) is 17.1 Å². The summed E-state index contributed by atoms with van der Waals surface area (Å²) in [5.74, 6) is -1.45. The fourth-order valence-electron chi connectivity index (χ4n) is 2.67. The van der Waals surface area contributed by atoms with Crippen molar-refractivity contribution in [3.05, 3.63) is 29.6 Å². The molecule has 1 aromatic carbocycles. The highest BCUT2D eigenvalue weighted by molar-refractivity contribution is 5.73. The lowest BCUT2D eigenvalue weighted by atomic mass is 10.1. The summed E-state index contributed by atoms with van der Waals surface area (Å²) in [6, 6.07) is 5.04. The zero-order valence-corrected chi connectivity index (χ0v) is 11.0. The highest BCUT2D eigenvalue weighted by atomic mass is 19.1. The third-order valence-electron chi connectivity index (χ3n) is 3.66. The topological polar surface area (TPSA) is 49.3 Å². The third kappa shape index (κ3) is 3.94. The minimum Gasteiger partial charge on any atom is -0.481 e. The average Bonchev–Trinajstić information content (AvgIpc) is 2.62. The molecular formula is C15H20FNO2. The van der Waals surface area contributed by atoms with E-state index in [2.05, 4.69) is 5.32 Å². The molecule has 2 N–H and O–H groups in total. The fraction of sp³-hybridized carbons (Fsp3) is 0.533. The number of carbonyl (C=O) groups is 1. The largest absolute Gasteiger partial charge is 0.481 e. The van der Waals surface area contributed by atoms with Crippen molar-refractivity contribution < 1.29 is 14.3 Å². The van der Waals surface area contributed by atoms with E-state index in [9.17, 15) is 9.18 Å². The van der Waals surface area contributed by atoms with Gasteiger partial charge < -0.3 is 10.4 Å². The molecule has 0 bridgehead atoms. The number of hydrogen-bond acceptors (Lipinski definition) is 2. The van der Waals surface area contributed by atoms with Gasteiger partial charge in [0.25, 0.3) is 0 Å². The molecule has 3 nitrogen and oxygen atoms in total. The summed E-state index contributed by atoms with van der Waals surface area (Å²) in [5.41, 5.74) is 0.897. The molecule has 0 aromatic heterocycles. The van der Waals surface area contributed by atoms with Crippen LogP contribution in [0.4, 0.5) is 10.1 Å². The molecule has 0 amide bonds.